The van der Waals surface area contributed by atoms with Crippen LogP contribution in [0.3, 0.4) is 0 Å². The maximum atomic E-state index is 11.2. The Bertz CT molecular complexity index is 723. The molecule has 0 saturated carbocycles. The molecule has 0 aromatic heterocycles. The van der Waals surface area contributed by atoms with Gasteiger partial charge in [0.1, 0.15) is 0 Å². The average molecular weight is 358 g/mol. The fourth-order valence-electron chi connectivity index (χ4n) is 2.61. The SMILES string of the molecule is CCCCCc1ccc(C=CCNc2c(Cl)cccc2C(=O)O)cc1. The summed E-state index contributed by atoms with van der Waals surface area (Å²) in [5.41, 5.74) is 3.12. The lowest BCUT2D eigenvalue weighted by atomic mass is 10.1. The van der Waals surface area contributed by atoms with Crippen LogP contribution in [0.15, 0.2) is 48.5 Å². The molecule has 25 heavy (non-hydrogen) atoms. The monoisotopic (exact) mass is 357 g/mol. The van der Waals surface area contributed by atoms with Crippen LogP contribution >= 0.6 is 11.6 Å². The molecule has 0 aliphatic carbocycles. The number of carbonyl (C=O) groups is 1. The molecular formula is C21H24ClNO2. The van der Waals surface area contributed by atoms with Crippen LogP contribution in [0.5, 0.6) is 0 Å². The van der Waals surface area contributed by atoms with E-state index in [0.29, 0.717) is 17.3 Å². The van der Waals surface area contributed by atoms with E-state index in [1.165, 1.54) is 30.9 Å². The van der Waals surface area contributed by atoms with Gasteiger partial charge in [0.05, 0.1) is 16.3 Å². The highest BCUT2D eigenvalue weighted by atomic mass is 35.5. The van der Waals surface area contributed by atoms with Gasteiger partial charge >= 0.3 is 5.97 Å². The number of aromatic carboxylic acids is 1. The van der Waals surface area contributed by atoms with Crippen molar-refractivity contribution in [3.8, 4) is 0 Å². The predicted molar refractivity (Wildman–Crippen MR) is 106 cm³/mol. The zero-order valence-corrected chi connectivity index (χ0v) is 15.2. The number of benzene rings is 2. The van der Waals surface area contributed by atoms with Crippen LogP contribution in [0.25, 0.3) is 6.08 Å². The maximum Gasteiger partial charge on any atom is 0.337 e. The van der Waals surface area contributed by atoms with Crippen molar-refractivity contribution < 1.29 is 9.90 Å². The number of aryl methyl sites for hydroxylation is 1. The van der Waals surface area contributed by atoms with E-state index in [4.69, 9.17) is 11.6 Å². The number of para-hydroxylation sites is 1. The van der Waals surface area contributed by atoms with Gasteiger partial charge < -0.3 is 10.4 Å². The van der Waals surface area contributed by atoms with E-state index in [1.54, 1.807) is 12.1 Å². The van der Waals surface area contributed by atoms with Crippen molar-refractivity contribution in [2.75, 3.05) is 11.9 Å². The molecule has 0 spiro atoms. The van der Waals surface area contributed by atoms with Gasteiger partial charge in [0, 0.05) is 6.54 Å². The summed E-state index contributed by atoms with van der Waals surface area (Å²) in [6.45, 7) is 2.71. The summed E-state index contributed by atoms with van der Waals surface area (Å²) < 4.78 is 0. The molecule has 4 heteroatoms. The smallest absolute Gasteiger partial charge is 0.337 e. The molecule has 0 saturated heterocycles. The van der Waals surface area contributed by atoms with Gasteiger partial charge in [-0.3, -0.25) is 0 Å². The highest BCUT2D eigenvalue weighted by molar-refractivity contribution is 6.34. The molecule has 0 radical (unpaired) electrons. The summed E-state index contributed by atoms with van der Waals surface area (Å²) in [7, 11) is 0. The molecule has 2 N–H and O–H groups in total. The van der Waals surface area contributed by atoms with E-state index in [2.05, 4.69) is 36.5 Å². The third kappa shape index (κ3) is 5.95. The van der Waals surface area contributed by atoms with Gasteiger partial charge in [-0.1, -0.05) is 73.9 Å². The third-order valence-corrected chi connectivity index (χ3v) is 4.31. The van der Waals surface area contributed by atoms with Gasteiger partial charge in [-0.05, 0) is 36.1 Å². The van der Waals surface area contributed by atoms with Crippen LogP contribution in [-0.4, -0.2) is 17.6 Å². The topological polar surface area (TPSA) is 49.3 Å². The van der Waals surface area contributed by atoms with Crippen LogP contribution < -0.4 is 5.32 Å². The Morgan fingerprint density at radius 2 is 1.92 bits per heavy atom. The number of carboxylic acids is 1. The second kappa shape index (κ2) is 9.90. The number of anilines is 1. The average Bonchev–Trinajstić information content (AvgIpc) is 2.61. The van der Waals surface area contributed by atoms with Crippen LogP contribution in [0.2, 0.25) is 5.02 Å². The minimum absolute atomic E-state index is 0.178. The van der Waals surface area contributed by atoms with Gasteiger partial charge in [0.2, 0.25) is 0 Å². The highest BCUT2D eigenvalue weighted by Gasteiger charge is 2.11. The van der Waals surface area contributed by atoms with Gasteiger partial charge in [-0.15, -0.1) is 0 Å². The Morgan fingerprint density at radius 1 is 1.16 bits per heavy atom. The molecule has 2 aromatic carbocycles. The maximum absolute atomic E-state index is 11.2. The molecule has 0 fully saturated rings. The molecule has 0 aliphatic rings. The second-order valence-electron chi connectivity index (χ2n) is 5.95. The fourth-order valence-corrected chi connectivity index (χ4v) is 2.85. The number of hydrogen-bond acceptors (Lipinski definition) is 2. The summed E-state index contributed by atoms with van der Waals surface area (Å²) in [4.78, 5) is 11.2. The lowest BCUT2D eigenvalue weighted by Gasteiger charge is -2.09. The van der Waals surface area contributed by atoms with Crippen molar-refractivity contribution in [3.05, 3.63) is 70.3 Å². The van der Waals surface area contributed by atoms with Crippen molar-refractivity contribution in [1.82, 2.24) is 0 Å². The van der Waals surface area contributed by atoms with E-state index < -0.39 is 5.97 Å². The summed E-state index contributed by atoms with van der Waals surface area (Å²) in [5.74, 6) is -0.993. The van der Waals surface area contributed by atoms with Gasteiger partial charge in [0.25, 0.3) is 0 Å². The standard InChI is InChI=1S/C21H24ClNO2/c1-2-3-4-7-16-11-13-17(14-12-16)8-6-15-23-20-18(21(24)25)9-5-10-19(20)22/h5-6,8-14,23H,2-4,7,15H2,1H3,(H,24,25). The number of carboxylic acid groups (broad SMARTS) is 1. The van der Waals surface area contributed by atoms with Crippen LogP contribution in [0, 0.1) is 0 Å². The molecule has 3 nitrogen and oxygen atoms in total. The highest BCUT2D eigenvalue weighted by Crippen LogP contribution is 2.25. The Balaban J connectivity index is 1.91. The van der Waals surface area contributed by atoms with Gasteiger partial charge in [-0.2, -0.15) is 0 Å². The largest absolute Gasteiger partial charge is 0.478 e. The van der Waals surface area contributed by atoms with Crippen molar-refractivity contribution in [2.45, 2.75) is 32.6 Å². The first-order chi connectivity index (χ1) is 12.1. The number of hydrogen-bond donors (Lipinski definition) is 2. The molecule has 0 bridgehead atoms. The number of nitrogens with one attached hydrogen (secondary N) is 1. The first-order valence-electron chi connectivity index (χ1n) is 8.63. The van der Waals surface area contributed by atoms with Gasteiger partial charge in [0.15, 0.2) is 0 Å². The molecule has 132 valence electrons. The quantitative estimate of drug-likeness (QED) is 0.549. The van der Waals surface area contributed by atoms with Crippen molar-refractivity contribution in [3.63, 3.8) is 0 Å². The van der Waals surface area contributed by atoms with E-state index in [9.17, 15) is 9.90 Å². The predicted octanol–water partition coefficient (Wildman–Crippen LogP) is 5.90. The molecule has 0 heterocycles. The van der Waals surface area contributed by atoms with E-state index in [-0.39, 0.29) is 5.56 Å². The molecule has 0 unspecified atom stereocenters. The molecule has 2 aromatic rings. The van der Waals surface area contributed by atoms with Crippen molar-refractivity contribution in [2.24, 2.45) is 0 Å². The molecule has 0 atom stereocenters. The Morgan fingerprint density at radius 3 is 2.60 bits per heavy atom. The lowest BCUT2D eigenvalue weighted by molar-refractivity contribution is 0.0698. The zero-order chi connectivity index (χ0) is 18.1. The Hall–Kier alpha value is -2.26. The van der Waals surface area contributed by atoms with E-state index >= 15 is 0 Å². The van der Waals surface area contributed by atoms with E-state index in [0.717, 1.165) is 12.0 Å². The molecule has 0 aliphatic heterocycles. The lowest BCUT2D eigenvalue weighted by Crippen LogP contribution is -2.06. The van der Waals surface area contributed by atoms with Crippen LogP contribution in [-0.2, 0) is 6.42 Å². The number of rotatable bonds is 9. The molecular weight excluding hydrogens is 334 g/mol. The molecule has 2 rings (SSSR count). The van der Waals surface area contributed by atoms with Crippen molar-refractivity contribution in [1.29, 1.82) is 0 Å². The van der Waals surface area contributed by atoms with Gasteiger partial charge in [-0.25, -0.2) is 4.79 Å². The minimum atomic E-state index is -0.993. The summed E-state index contributed by atoms with van der Waals surface area (Å²) in [6, 6.07) is 13.4. The fraction of sp³-hybridized carbons (Fsp3) is 0.286. The minimum Gasteiger partial charge on any atom is -0.478 e. The Labute approximate surface area is 154 Å². The second-order valence-corrected chi connectivity index (χ2v) is 6.36. The van der Waals surface area contributed by atoms with Crippen LogP contribution in [0.1, 0.15) is 47.7 Å². The summed E-state index contributed by atoms with van der Waals surface area (Å²) >= 11 is 6.09. The number of halogens is 1. The zero-order valence-electron chi connectivity index (χ0n) is 14.5. The first kappa shape index (κ1) is 19.1. The Kier molecular flexibility index (Phi) is 7.55. The molecule has 0 amide bonds. The normalized spacial score (nSPS) is 11.0. The summed E-state index contributed by atoms with van der Waals surface area (Å²) in [6.07, 6.45) is 8.85. The summed E-state index contributed by atoms with van der Waals surface area (Å²) in [5, 5.41) is 12.7. The van der Waals surface area contributed by atoms with E-state index in [1.807, 2.05) is 12.2 Å². The third-order valence-electron chi connectivity index (χ3n) is 4.00. The number of unbranched alkanes of at least 4 members (excludes halogenated alkanes) is 2. The van der Waals surface area contributed by atoms with Crippen molar-refractivity contribution >= 4 is 29.3 Å². The van der Waals surface area contributed by atoms with Crippen LogP contribution in [0.4, 0.5) is 5.69 Å². The first-order valence-corrected chi connectivity index (χ1v) is 9.00.